The van der Waals surface area contributed by atoms with E-state index in [0.29, 0.717) is 11.3 Å². The third-order valence-corrected chi connectivity index (χ3v) is 5.29. The molecule has 4 nitrogen and oxygen atoms in total. The van der Waals surface area contributed by atoms with Crippen LogP contribution < -0.4 is 10.1 Å². The molecule has 154 valence electrons. The fraction of sp³-hybridized carbons (Fsp3) is 0. The highest BCUT2D eigenvalue weighted by molar-refractivity contribution is 6.28. The molecule has 5 rings (SSSR count). The van der Waals surface area contributed by atoms with Crippen LogP contribution in [0.1, 0.15) is 11.1 Å². The fourth-order valence-corrected chi connectivity index (χ4v) is 3.75. The van der Waals surface area contributed by atoms with Crippen molar-refractivity contribution in [2.75, 3.05) is 4.90 Å². The Balaban J connectivity index is 1.49. The minimum atomic E-state index is -0.386. The second-order valence-corrected chi connectivity index (χ2v) is 7.39. The van der Waals surface area contributed by atoms with Crippen molar-refractivity contribution in [2.45, 2.75) is 0 Å². The Morgan fingerprint density at radius 3 is 1.69 bits per heavy atom. The van der Waals surface area contributed by atoms with Crippen LogP contribution in [0.4, 0.5) is 17.1 Å². The summed E-state index contributed by atoms with van der Waals surface area (Å²) in [6.07, 6.45) is 1.85. The van der Waals surface area contributed by atoms with Gasteiger partial charge in [-0.15, -0.1) is 0 Å². The Morgan fingerprint density at radius 2 is 1.12 bits per heavy atom. The molecule has 4 aromatic carbocycles. The lowest BCUT2D eigenvalue weighted by molar-refractivity contribution is -0.716. The quantitative estimate of drug-likeness (QED) is 0.382. The molecule has 0 saturated carbocycles. The normalized spacial score (nSPS) is 14.2. The standard InChI is InChI=1S/C28H20N2O2/c31-28-26(27(29-32-28)22-10-4-1-5-11-22)20-21-16-18-25(19-17-21)30(23-12-6-2-7-13-23)24-14-8-3-9-15-24/h1-20H/p+1/b26-20-. The third kappa shape index (κ3) is 3.94. The number of nitrogens with zero attached hydrogens (tertiary/aromatic N) is 1. The second-order valence-electron chi connectivity index (χ2n) is 7.39. The molecule has 0 unspecified atom stereocenters. The predicted octanol–water partition coefficient (Wildman–Crippen LogP) is 4.58. The number of para-hydroxylation sites is 2. The van der Waals surface area contributed by atoms with Gasteiger partial charge in [0.15, 0.2) is 0 Å². The average molecular weight is 417 g/mol. The molecule has 0 fully saturated rings. The number of rotatable bonds is 5. The van der Waals surface area contributed by atoms with E-state index < -0.39 is 0 Å². The van der Waals surface area contributed by atoms with Gasteiger partial charge >= 0.3 is 5.97 Å². The van der Waals surface area contributed by atoms with Crippen molar-refractivity contribution in [3.8, 4) is 0 Å². The van der Waals surface area contributed by atoms with Crippen molar-refractivity contribution in [2.24, 2.45) is 0 Å². The zero-order valence-corrected chi connectivity index (χ0v) is 17.3. The summed E-state index contributed by atoms with van der Waals surface area (Å²) >= 11 is 0. The number of nitrogens with one attached hydrogen (secondary N) is 1. The Labute approximate surface area is 186 Å². The SMILES string of the molecule is O=C1O[NH+]=C(c2ccccc2)/C1=C/c1ccc(N(c2ccccc2)c2ccccc2)cc1. The maximum Gasteiger partial charge on any atom is 0.417 e. The van der Waals surface area contributed by atoms with Crippen LogP contribution in [0.15, 0.2) is 121 Å². The van der Waals surface area contributed by atoms with Crippen LogP contribution in [0.2, 0.25) is 0 Å². The molecule has 0 saturated heterocycles. The lowest BCUT2D eigenvalue weighted by Gasteiger charge is -2.25. The van der Waals surface area contributed by atoms with E-state index in [4.69, 9.17) is 4.84 Å². The minimum Gasteiger partial charge on any atom is -0.311 e. The van der Waals surface area contributed by atoms with Crippen LogP contribution >= 0.6 is 0 Å². The van der Waals surface area contributed by atoms with E-state index >= 15 is 0 Å². The summed E-state index contributed by atoms with van der Waals surface area (Å²) < 4.78 is 0. The lowest BCUT2D eigenvalue weighted by Crippen LogP contribution is -2.68. The Morgan fingerprint density at radius 1 is 0.625 bits per heavy atom. The van der Waals surface area contributed by atoms with Crippen molar-refractivity contribution in [3.05, 3.63) is 132 Å². The smallest absolute Gasteiger partial charge is 0.311 e. The van der Waals surface area contributed by atoms with E-state index in [1.165, 1.54) is 0 Å². The lowest BCUT2D eigenvalue weighted by atomic mass is 10.0. The van der Waals surface area contributed by atoms with Crippen LogP contribution in [0.3, 0.4) is 0 Å². The van der Waals surface area contributed by atoms with Crippen LogP contribution in [-0.4, -0.2) is 11.7 Å². The molecule has 0 atom stereocenters. The molecule has 0 bridgehead atoms. The largest absolute Gasteiger partial charge is 0.417 e. The molecule has 1 N–H and O–H groups in total. The molecular weight excluding hydrogens is 396 g/mol. The molecule has 0 aliphatic carbocycles. The zero-order valence-electron chi connectivity index (χ0n) is 17.3. The van der Waals surface area contributed by atoms with Gasteiger partial charge in [-0.2, -0.15) is 4.84 Å². The molecule has 32 heavy (non-hydrogen) atoms. The Hall–Kier alpha value is -4.44. The van der Waals surface area contributed by atoms with Gasteiger partial charge in [-0.25, -0.2) is 4.79 Å². The maximum absolute atomic E-state index is 12.3. The van der Waals surface area contributed by atoms with Gasteiger partial charge in [0.2, 0.25) is 0 Å². The fourth-order valence-electron chi connectivity index (χ4n) is 3.75. The molecule has 1 heterocycles. The highest BCUT2D eigenvalue weighted by Gasteiger charge is 2.33. The number of carbonyl (C=O) groups excluding carboxylic acids is 1. The summed E-state index contributed by atoms with van der Waals surface area (Å²) in [7, 11) is 0. The van der Waals surface area contributed by atoms with E-state index in [1.807, 2.05) is 84.9 Å². The Kier molecular flexibility index (Phi) is 5.33. The molecule has 1 aliphatic heterocycles. The molecule has 4 heteroatoms. The molecule has 1 aliphatic rings. The summed E-state index contributed by atoms with van der Waals surface area (Å²) in [5.41, 5.74) is 6.19. The van der Waals surface area contributed by atoms with E-state index in [0.717, 1.165) is 28.2 Å². The predicted molar refractivity (Wildman–Crippen MR) is 127 cm³/mol. The summed E-state index contributed by atoms with van der Waals surface area (Å²) in [4.78, 5) is 19.6. The molecule has 4 aromatic rings. The van der Waals surface area contributed by atoms with E-state index in [2.05, 4.69) is 46.5 Å². The van der Waals surface area contributed by atoms with E-state index in [-0.39, 0.29) is 5.97 Å². The summed E-state index contributed by atoms with van der Waals surface area (Å²) in [5, 5.41) is 2.76. The van der Waals surface area contributed by atoms with Crippen LogP contribution in [0, 0.1) is 0 Å². The first-order valence-electron chi connectivity index (χ1n) is 10.4. The van der Waals surface area contributed by atoms with Crippen molar-refractivity contribution in [3.63, 3.8) is 0 Å². The summed E-state index contributed by atoms with van der Waals surface area (Å²) in [5.74, 6) is -0.386. The number of carbonyl (C=O) groups is 1. The maximum atomic E-state index is 12.3. The highest BCUT2D eigenvalue weighted by Crippen LogP contribution is 2.34. The van der Waals surface area contributed by atoms with Crippen molar-refractivity contribution in [1.29, 1.82) is 0 Å². The molecular formula is C28H21N2O2+. The van der Waals surface area contributed by atoms with Gasteiger partial charge in [-0.05, 0) is 65.3 Å². The van der Waals surface area contributed by atoms with Crippen molar-refractivity contribution >= 4 is 34.8 Å². The van der Waals surface area contributed by atoms with Crippen molar-refractivity contribution < 1.29 is 14.8 Å². The monoisotopic (exact) mass is 417 g/mol. The van der Waals surface area contributed by atoms with Gasteiger partial charge in [0, 0.05) is 17.1 Å². The second kappa shape index (κ2) is 8.74. The van der Waals surface area contributed by atoms with Gasteiger partial charge in [0.05, 0.1) is 5.56 Å². The van der Waals surface area contributed by atoms with Gasteiger partial charge in [-0.1, -0.05) is 66.7 Å². The first-order chi connectivity index (χ1) is 15.8. The van der Waals surface area contributed by atoms with Crippen LogP contribution in [-0.2, 0) is 9.63 Å². The van der Waals surface area contributed by atoms with E-state index in [9.17, 15) is 4.79 Å². The molecule has 0 spiro atoms. The highest BCUT2D eigenvalue weighted by atomic mass is 16.7. The number of benzene rings is 4. The zero-order chi connectivity index (χ0) is 21.8. The van der Waals surface area contributed by atoms with Crippen LogP contribution in [0.25, 0.3) is 6.08 Å². The molecule has 0 radical (unpaired) electrons. The number of hydrogen-bond acceptors (Lipinski definition) is 3. The van der Waals surface area contributed by atoms with Crippen molar-refractivity contribution in [1.82, 2.24) is 0 Å². The van der Waals surface area contributed by atoms with Crippen LogP contribution in [0.5, 0.6) is 0 Å². The minimum absolute atomic E-state index is 0.386. The Bertz CT molecular complexity index is 1240. The van der Waals surface area contributed by atoms with E-state index in [1.54, 1.807) is 0 Å². The number of anilines is 3. The van der Waals surface area contributed by atoms with Gasteiger partial charge in [0.1, 0.15) is 5.57 Å². The third-order valence-electron chi connectivity index (χ3n) is 5.29. The summed E-state index contributed by atoms with van der Waals surface area (Å²) in [6.45, 7) is 0. The summed E-state index contributed by atoms with van der Waals surface area (Å²) in [6, 6.07) is 38.3. The van der Waals surface area contributed by atoms with Gasteiger partial charge < -0.3 is 4.90 Å². The van der Waals surface area contributed by atoms with Gasteiger partial charge in [-0.3, -0.25) is 0 Å². The first-order valence-corrected chi connectivity index (χ1v) is 10.4. The average Bonchev–Trinajstić information content (AvgIpc) is 3.22. The molecule has 0 amide bonds. The van der Waals surface area contributed by atoms with Gasteiger partial charge in [0.25, 0.3) is 5.71 Å². The first kappa shape index (κ1) is 19.5. The molecule has 0 aromatic heterocycles. The topological polar surface area (TPSA) is 43.5 Å². The number of hydrogen-bond donors (Lipinski definition) is 1.